The van der Waals surface area contributed by atoms with Crippen molar-refractivity contribution >= 4 is 0 Å². The normalized spacial score (nSPS) is 11.3. The second-order valence-electron chi connectivity index (χ2n) is 7.32. The quantitative estimate of drug-likeness (QED) is 0.442. The van der Waals surface area contributed by atoms with Crippen molar-refractivity contribution in [3.05, 3.63) is 132 Å². The van der Waals surface area contributed by atoms with Gasteiger partial charge in [0.25, 0.3) is 0 Å². The Morgan fingerprint density at radius 1 is 0.469 bits per heavy atom. The second-order valence-corrected chi connectivity index (χ2v) is 7.32. The molecular weight excluding hydrogens is 396 g/mol. The summed E-state index contributed by atoms with van der Waals surface area (Å²) in [7, 11) is 0. The molecule has 0 fully saturated rings. The van der Waals surface area contributed by atoms with Crippen LogP contribution in [0.5, 0.6) is 0 Å². The van der Waals surface area contributed by atoms with E-state index in [1.807, 2.05) is 103 Å². The third kappa shape index (κ3) is 3.66. The van der Waals surface area contributed by atoms with Crippen LogP contribution in [0.2, 0.25) is 0 Å². The van der Waals surface area contributed by atoms with Crippen molar-refractivity contribution in [2.24, 2.45) is 0 Å². The van der Waals surface area contributed by atoms with Crippen molar-refractivity contribution in [1.82, 2.24) is 19.9 Å². The molecule has 5 aromatic rings. The first-order valence-electron chi connectivity index (χ1n) is 10.3. The Labute approximate surface area is 186 Å². The second kappa shape index (κ2) is 8.49. The number of rotatable bonds is 5. The first-order chi connectivity index (χ1) is 15.7. The van der Waals surface area contributed by atoms with E-state index in [4.69, 9.17) is 9.97 Å². The molecule has 1 aromatic carbocycles. The van der Waals surface area contributed by atoms with E-state index in [0.717, 1.165) is 11.4 Å². The number of nitrogens with zero attached hydrogens (tertiary/aromatic N) is 4. The molecule has 0 amide bonds. The summed E-state index contributed by atoms with van der Waals surface area (Å²) in [6.45, 7) is 0. The predicted molar refractivity (Wildman–Crippen MR) is 123 cm³/mol. The zero-order valence-corrected chi connectivity index (χ0v) is 17.2. The van der Waals surface area contributed by atoms with Crippen LogP contribution in [0, 0.1) is 0 Å². The predicted octanol–water partition coefficient (Wildman–Crippen LogP) is 4.88. The zero-order valence-electron chi connectivity index (χ0n) is 17.2. The minimum absolute atomic E-state index is 0.470. The largest absolute Gasteiger partial charge is 0.373 e. The summed E-state index contributed by atoms with van der Waals surface area (Å²) in [5.74, 6) is 0. The molecule has 1 N–H and O–H groups in total. The van der Waals surface area contributed by atoms with Crippen molar-refractivity contribution < 1.29 is 5.11 Å². The minimum Gasteiger partial charge on any atom is -0.373 e. The van der Waals surface area contributed by atoms with Crippen LogP contribution >= 0.6 is 0 Å². The van der Waals surface area contributed by atoms with E-state index in [1.54, 1.807) is 12.4 Å². The van der Waals surface area contributed by atoms with Crippen molar-refractivity contribution in [1.29, 1.82) is 0 Å². The number of benzene rings is 1. The standard InChI is InChI=1S/C27H20N4O/c32-27(20-10-2-1-3-11-20,25-16-8-14-23(30-25)21-12-4-6-18-28-21)26-17-9-15-24(31-26)22-13-5-7-19-29-22/h1-19,32H. The topological polar surface area (TPSA) is 71.8 Å². The van der Waals surface area contributed by atoms with E-state index in [2.05, 4.69) is 9.97 Å². The molecule has 0 aliphatic carbocycles. The van der Waals surface area contributed by atoms with E-state index >= 15 is 0 Å². The summed E-state index contributed by atoms with van der Waals surface area (Å²) in [6, 6.07) is 32.0. The van der Waals surface area contributed by atoms with Gasteiger partial charge in [-0.1, -0.05) is 54.6 Å². The monoisotopic (exact) mass is 416 g/mol. The number of pyridine rings is 4. The lowest BCUT2D eigenvalue weighted by molar-refractivity contribution is 0.116. The molecule has 0 unspecified atom stereocenters. The van der Waals surface area contributed by atoms with Crippen LogP contribution in [0.1, 0.15) is 17.0 Å². The molecule has 5 rings (SSSR count). The van der Waals surface area contributed by atoms with Gasteiger partial charge < -0.3 is 5.11 Å². The maximum atomic E-state index is 12.2. The number of aromatic nitrogens is 4. The number of aliphatic hydroxyl groups is 1. The SMILES string of the molecule is OC(c1ccccc1)(c1cccc(-c2ccccn2)n1)c1cccc(-c2ccccn2)n1. The van der Waals surface area contributed by atoms with Gasteiger partial charge in [-0.3, -0.25) is 9.97 Å². The van der Waals surface area contributed by atoms with E-state index in [1.165, 1.54) is 0 Å². The van der Waals surface area contributed by atoms with Gasteiger partial charge in [-0.25, -0.2) is 9.97 Å². The Bertz CT molecular complexity index is 1240. The molecule has 0 aliphatic rings. The fraction of sp³-hybridized carbons (Fsp3) is 0.0370. The summed E-state index contributed by atoms with van der Waals surface area (Å²) in [5, 5.41) is 12.2. The minimum atomic E-state index is -1.56. The first-order valence-corrected chi connectivity index (χ1v) is 10.3. The summed E-state index contributed by atoms with van der Waals surface area (Å²) in [6.07, 6.45) is 3.45. The summed E-state index contributed by atoms with van der Waals surface area (Å²) in [4.78, 5) is 18.4. The Balaban J connectivity index is 1.70. The van der Waals surface area contributed by atoms with E-state index in [9.17, 15) is 5.11 Å². The van der Waals surface area contributed by atoms with Gasteiger partial charge >= 0.3 is 0 Å². The van der Waals surface area contributed by atoms with Gasteiger partial charge in [0.2, 0.25) is 0 Å². The Morgan fingerprint density at radius 2 is 0.938 bits per heavy atom. The van der Waals surface area contributed by atoms with Crippen molar-refractivity contribution in [2.45, 2.75) is 5.60 Å². The van der Waals surface area contributed by atoms with E-state index in [0.29, 0.717) is 28.3 Å². The molecule has 32 heavy (non-hydrogen) atoms. The Hall–Kier alpha value is -4.22. The Morgan fingerprint density at radius 3 is 1.41 bits per heavy atom. The molecule has 0 radical (unpaired) electrons. The molecule has 5 nitrogen and oxygen atoms in total. The molecule has 0 saturated carbocycles. The molecular formula is C27H20N4O. The van der Waals surface area contributed by atoms with Gasteiger partial charge in [-0.2, -0.15) is 0 Å². The number of hydrogen-bond donors (Lipinski definition) is 1. The highest BCUT2D eigenvalue weighted by Crippen LogP contribution is 2.36. The molecule has 5 heteroatoms. The summed E-state index contributed by atoms with van der Waals surface area (Å²) >= 11 is 0. The fourth-order valence-corrected chi connectivity index (χ4v) is 3.69. The summed E-state index contributed by atoms with van der Waals surface area (Å²) < 4.78 is 0. The van der Waals surface area contributed by atoms with Crippen LogP contribution in [0.15, 0.2) is 116 Å². The van der Waals surface area contributed by atoms with Gasteiger partial charge in [-0.15, -0.1) is 0 Å². The van der Waals surface area contributed by atoms with Crippen molar-refractivity contribution in [2.75, 3.05) is 0 Å². The van der Waals surface area contributed by atoms with Gasteiger partial charge in [0.15, 0.2) is 5.60 Å². The van der Waals surface area contributed by atoms with Gasteiger partial charge in [-0.05, 0) is 54.1 Å². The van der Waals surface area contributed by atoms with Gasteiger partial charge in [0, 0.05) is 12.4 Å². The molecule has 0 saturated heterocycles. The van der Waals surface area contributed by atoms with Gasteiger partial charge in [0.05, 0.1) is 34.2 Å². The van der Waals surface area contributed by atoms with Crippen molar-refractivity contribution in [3.8, 4) is 22.8 Å². The fourth-order valence-electron chi connectivity index (χ4n) is 3.69. The van der Waals surface area contributed by atoms with E-state index in [-0.39, 0.29) is 0 Å². The lowest BCUT2D eigenvalue weighted by atomic mass is 9.86. The van der Waals surface area contributed by atoms with Crippen LogP contribution in [-0.4, -0.2) is 25.0 Å². The third-order valence-electron chi connectivity index (χ3n) is 5.29. The van der Waals surface area contributed by atoms with Crippen LogP contribution in [-0.2, 0) is 5.60 Å². The van der Waals surface area contributed by atoms with Crippen LogP contribution < -0.4 is 0 Å². The van der Waals surface area contributed by atoms with E-state index < -0.39 is 5.60 Å². The summed E-state index contributed by atoms with van der Waals surface area (Å²) in [5.41, 5.74) is 2.89. The number of hydrogen-bond acceptors (Lipinski definition) is 5. The third-order valence-corrected chi connectivity index (χ3v) is 5.29. The Kier molecular flexibility index (Phi) is 5.24. The lowest BCUT2D eigenvalue weighted by Crippen LogP contribution is -2.31. The maximum Gasteiger partial charge on any atom is 0.174 e. The zero-order chi connectivity index (χ0) is 21.8. The molecule has 4 aromatic heterocycles. The molecule has 0 spiro atoms. The highest BCUT2D eigenvalue weighted by Gasteiger charge is 2.37. The molecule has 0 aliphatic heterocycles. The van der Waals surface area contributed by atoms with Crippen LogP contribution in [0.4, 0.5) is 0 Å². The smallest absolute Gasteiger partial charge is 0.174 e. The lowest BCUT2D eigenvalue weighted by Gasteiger charge is -2.28. The van der Waals surface area contributed by atoms with Crippen molar-refractivity contribution in [3.63, 3.8) is 0 Å². The first kappa shape index (κ1) is 19.7. The molecule has 4 heterocycles. The average Bonchev–Trinajstić information content (AvgIpc) is 2.90. The molecule has 0 bridgehead atoms. The molecule has 0 atom stereocenters. The van der Waals surface area contributed by atoms with Crippen LogP contribution in [0.25, 0.3) is 22.8 Å². The maximum absolute atomic E-state index is 12.2. The average molecular weight is 416 g/mol. The van der Waals surface area contributed by atoms with Gasteiger partial charge in [0.1, 0.15) is 0 Å². The highest BCUT2D eigenvalue weighted by molar-refractivity contribution is 5.57. The van der Waals surface area contributed by atoms with Crippen LogP contribution in [0.3, 0.4) is 0 Å². The highest BCUT2D eigenvalue weighted by atomic mass is 16.3. The molecule has 154 valence electrons.